The summed E-state index contributed by atoms with van der Waals surface area (Å²) in [5.74, 6) is -1.83. The molecule has 0 aromatic carbocycles. The summed E-state index contributed by atoms with van der Waals surface area (Å²) in [6.45, 7) is 3.78. The molecule has 0 saturated carbocycles. The van der Waals surface area contributed by atoms with E-state index in [0.29, 0.717) is 18.0 Å². The molecule has 0 spiro atoms. The number of ether oxygens (including phenoxy) is 2. The molecule has 14 nitrogen and oxygen atoms in total. The van der Waals surface area contributed by atoms with Crippen molar-refractivity contribution in [3.05, 3.63) is 42.1 Å². The van der Waals surface area contributed by atoms with Gasteiger partial charge < -0.3 is 36.3 Å². The van der Waals surface area contributed by atoms with E-state index in [1.54, 1.807) is 26.1 Å². The molecule has 0 aliphatic carbocycles. The standard InChI is InChI=1S/C21H26FN9O5/c1-4-36-10-15(11(2)26-21(33)34)28-19-14(22)8-13(17(23)32)18(29-19)27-12-7-16(20(35-3)24-9-12)31-6-5-25-30-31/h5-9,11,15,26H,4,10H2,1-3H3,(H2,23,32)(H,33,34)(H2,27,28,29)/t11-,15+/m0/s1. The first-order valence-corrected chi connectivity index (χ1v) is 10.7. The molecular weight excluding hydrogens is 477 g/mol. The highest BCUT2D eigenvalue weighted by atomic mass is 19.1. The topological polar surface area (TPSA) is 191 Å². The Bertz CT molecular complexity index is 1210. The van der Waals surface area contributed by atoms with E-state index in [4.69, 9.17) is 20.3 Å². The molecule has 3 heterocycles. The summed E-state index contributed by atoms with van der Waals surface area (Å²) in [7, 11) is 1.44. The summed E-state index contributed by atoms with van der Waals surface area (Å²) in [4.78, 5) is 31.5. The number of nitrogens with one attached hydrogen (secondary N) is 3. The maximum atomic E-state index is 14.9. The molecule has 3 aromatic heterocycles. The summed E-state index contributed by atoms with van der Waals surface area (Å²) < 4.78 is 27.0. The van der Waals surface area contributed by atoms with Crippen molar-refractivity contribution in [2.45, 2.75) is 25.9 Å². The number of primary amides is 1. The van der Waals surface area contributed by atoms with Crippen LogP contribution in [0.4, 0.5) is 26.5 Å². The van der Waals surface area contributed by atoms with Gasteiger partial charge in [0.25, 0.3) is 5.91 Å². The number of anilines is 3. The Kier molecular flexibility index (Phi) is 8.51. The van der Waals surface area contributed by atoms with Gasteiger partial charge in [0.15, 0.2) is 11.6 Å². The van der Waals surface area contributed by atoms with Gasteiger partial charge in [-0.25, -0.2) is 23.8 Å². The smallest absolute Gasteiger partial charge is 0.404 e. The summed E-state index contributed by atoms with van der Waals surface area (Å²) in [6, 6.07) is 1.19. The number of nitrogens with zero attached hydrogens (tertiary/aromatic N) is 5. The molecule has 0 unspecified atom stereocenters. The highest BCUT2D eigenvalue weighted by molar-refractivity contribution is 5.98. The Morgan fingerprint density at radius 1 is 1.31 bits per heavy atom. The van der Waals surface area contributed by atoms with Crippen LogP contribution < -0.4 is 26.4 Å². The second kappa shape index (κ2) is 11.7. The number of aromatic nitrogens is 5. The molecule has 3 aromatic rings. The van der Waals surface area contributed by atoms with Crippen molar-refractivity contribution < 1.29 is 28.6 Å². The van der Waals surface area contributed by atoms with Crippen LogP contribution in [0.5, 0.6) is 5.88 Å². The minimum atomic E-state index is -1.25. The summed E-state index contributed by atoms with van der Waals surface area (Å²) >= 11 is 0. The molecule has 0 radical (unpaired) electrons. The van der Waals surface area contributed by atoms with Gasteiger partial charge in [-0.1, -0.05) is 5.21 Å². The van der Waals surface area contributed by atoms with Crippen LogP contribution >= 0.6 is 0 Å². The van der Waals surface area contributed by atoms with Crippen LogP contribution in [0.25, 0.3) is 5.69 Å². The minimum absolute atomic E-state index is 0.0584. The summed E-state index contributed by atoms with van der Waals surface area (Å²) in [6.07, 6.45) is 3.23. The number of pyridine rings is 2. The van der Waals surface area contributed by atoms with Crippen molar-refractivity contribution in [2.24, 2.45) is 5.73 Å². The number of hydrogen-bond acceptors (Lipinski definition) is 10. The molecule has 0 saturated heterocycles. The monoisotopic (exact) mass is 503 g/mol. The molecule has 0 aliphatic heterocycles. The third-order valence-electron chi connectivity index (χ3n) is 4.98. The second-order valence-electron chi connectivity index (χ2n) is 7.45. The Balaban J connectivity index is 1.97. The zero-order valence-electron chi connectivity index (χ0n) is 19.7. The number of hydrogen-bond donors (Lipinski definition) is 5. The molecule has 36 heavy (non-hydrogen) atoms. The van der Waals surface area contributed by atoms with E-state index in [1.807, 2.05) is 0 Å². The fourth-order valence-corrected chi connectivity index (χ4v) is 3.20. The molecule has 2 atom stereocenters. The third kappa shape index (κ3) is 6.32. The maximum Gasteiger partial charge on any atom is 0.404 e. The maximum absolute atomic E-state index is 14.9. The first kappa shape index (κ1) is 26.1. The van der Waals surface area contributed by atoms with E-state index in [0.717, 1.165) is 6.07 Å². The Morgan fingerprint density at radius 3 is 2.69 bits per heavy atom. The van der Waals surface area contributed by atoms with Gasteiger partial charge in [0.1, 0.15) is 11.5 Å². The van der Waals surface area contributed by atoms with E-state index >= 15 is 0 Å². The van der Waals surface area contributed by atoms with Gasteiger partial charge in [-0.05, 0) is 26.0 Å². The van der Waals surface area contributed by atoms with Crippen LogP contribution in [0.3, 0.4) is 0 Å². The van der Waals surface area contributed by atoms with Crippen molar-refractivity contribution in [1.82, 2.24) is 30.3 Å². The molecule has 0 bridgehead atoms. The van der Waals surface area contributed by atoms with Crippen LogP contribution in [-0.2, 0) is 4.74 Å². The van der Waals surface area contributed by atoms with E-state index in [-0.39, 0.29) is 29.7 Å². The molecule has 192 valence electrons. The summed E-state index contributed by atoms with van der Waals surface area (Å²) in [5, 5.41) is 24.8. The number of carbonyl (C=O) groups is 2. The van der Waals surface area contributed by atoms with Crippen molar-refractivity contribution >= 4 is 29.3 Å². The van der Waals surface area contributed by atoms with Crippen molar-refractivity contribution in [3.8, 4) is 11.6 Å². The van der Waals surface area contributed by atoms with Crippen molar-refractivity contribution in [2.75, 3.05) is 31.0 Å². The van der Waals surface area contributed by atoms with E-state index < -0.39 is 29.9 Å². The fraction of sp³-hybridized carbons (Fsp3) is 0.333. The Morgan fingerprint density at radius 2 is 2.08 bits per heavy atom. The average molecular weight is 503 g/mol. The Hall–Kier alpha value is -4.53. The lowest BCUT2D eigenvalue weighted by Gasteiger charge is -2.26. The molecule has 0 fully saturated rings. The average Bonchev–Trinajstić information content (AvgIpc) is 3.37. The number of rotatable bonds is 12. The van der Waals surface area contributed by atoms with Gasteiger partial charge in [0.2, 0.25) is 5.88 Å². The van der Waals surface area contributed by atoms with Crippen molar-refractivity contribution in [3.63, 3.8) is 0 Å². The van der Waals surface area contributed by atoms with Crippen LogP contribution in [0.1, 0.15) is 24.2 Å². The lowest BCUT2D eigenvalue weighted by atomic mass is 10.1. The molecule has 0 aliphatic rings. The highest BCUT2D eigenvalue weighted by Gasteiger charge is 2.23. The zero-order valence-corrected chi connectivity index (χ0v) is 19.7. The first-order chi connectivity index (χ1) is 17.2. The lowest BCUT2D eigenvalue weighted by molar-refractivity contribution is 0.1000. The molecule has 2 amide bonds. The van der Waals surface area contributed by atoms with Crippen LogP contribution in [0.2, 0.25) is 0 Å². The number of nitrogens with two attached hydrogens (primary N) is 1. The van der Waals surface area contributed by atoms with Gasteiger partial charge in [-0.2, -0.15) is 0 Å². The van der Waals surface area contributed by atoms with E-state index in [9.17, 15) is 14.0 Å². The van der Waals surface area contributed by atoms with E-state index in [2.05, 4.69) is 36.2 Å². The SMILES string of the molecule is CCOC[C@@H](Nc1nc(Nc2cnc(OC)c(-n3ccnn3)c2)c(C(N)=O)cc1F)[C@H](C)NC(=O)O. The molecule has 3 rings (SSSR count). The minimum Gasteiger partial charge on any atom is -0.479 e. The number of carboxylic acid groups (broad SMARTS) is 1. The predicted molar refractivity (Wildman–Crippen MR) is 126 cm³/mol. The second-order valence-corrected chi connectivity index (χ2v) is 7.45. The first-order valence-electron chi connectivity index (χ1n) is 10.7. The van der Waals surface area contributed by atoms with Crippen LogP contribution in [0.15, 0.2) is 30.7 Å². The summed E-state index contributed by atoms with van der Waals surface area (Å²) in [5.41, 5.74) is 6.04. The third-order valence-corrected chi connectivity index (χ3v) is 4.98. The molecule has 15 heteroatoms. The van der Waals surface area contributed by atoms with Gasteiger partial charge >= 0.3 is 6.09 Å². The van der Waals surface area contributed by atoms with Gasteiger partial charge in [-0.3, -0.25) is 4.79 Å². The number of halogens is 1. The van der Waals surface area contributed by atoms with Crippen LogP contribution in [-0.4, -0.2) is 74.5 Å². The normalized spacial score (nSPS) is 12.4. The predicted octanol–water partition coefficient (Wildman–Crippen LogP) is 1.52. The fourth-order valence-electron chi connectivity index (χ4n) is 3.20. The largest absolute Gasteiger partial charge is 0.479 e. The number of carbonyl (C=O) groups excluding carboxylic acids is 1. The zero-order chi connectivity index (χ0) is 26.2. The van der Waals surface area contributed by atoms with E-state index in [1.165, 1.54) is 24.2 Å². The quantitative estimate of drug-likeness (QED) is 0.241. The molecule has 6 N–H and O–H groups in total. The van der Waals surface area contributed by atoms with Crippen LogP contribution in [0, 0.1) is 5.82 Å². The van der Waals surface area contributed by atoms with Gasteiger partial charge in [-0.15, -0.1) is 5.10 Å². The highest BCUT2D eigenvalue weighted by Crippen LogP contribution is 2.28. The Labute approximate surface area is 205 Å². The van der Waals surface area contributed by atoms with Gasteiger partial charge in [0.05, 0.1) is 55.6 Å². The van der Waals surface area contributed by atoms with Crippen molar-refractivity contribution in [1.29, 1.82) is 0 Å². The number of methoxy groups -OCH3 is 1. The molecular formula is C21H26FN9O5. The number of amides is 2. The van der Waals surface area contributed by atoms with Gasteiger partial charge in [0, 0.05) is 6.61 Å². The lowest BCUT2D eigenvalue weighted by Crippen LogP contribution is -2.47.